The molecule has 0 saturated carbocycles. The van der Waals surface area contributed by atoms with Crippen LogP contribution in [0.15, 0.2) is 48.8 Å². The van der Waals surface area contributed by atoms with Gasteiger partial charge in [-0.1, -0.05) is 17.7 Å². The van der Waals surface area contributed by atoms with Crippen molar-refractivity contribution in [3.8, 4) is 5.75 Å². The highest BCUT2D eigenvalue weighted by atomic mass is 35.5. The molecule has 5 rings (SSSR count). The number of amides is 1. The Kier molecular flexibility index (Phi) is 9.20. The molecule has 39 heavy (non-hydrogen) atoms. The maximum absolute atomic E-state index is 13.6. The van der Waals surface area contributed by atoms with Gasteiger partial charge in [-0.2, -0.15) is 0 Å². The molecule has 3 aromatic rings. The molecular weight excluding hydrogens is 525 g/mol. The Hall–Kier alpha value is -3.31. The zero-order chi connectivity index (χ0) is 27.0. The van der Waals surface area contributed by atoms with Crippen molar-refractivity contribution in [3.63, 3.8) is 0 Å². The van der Waals surface area contributed by atoms with E-state index in [0.717, 1.165) is 45.6 Å². The van der Waals surface area contributed by atoms with Gasteiger partial charge < -0.3 is 24.8 Å². The second-order valence-corrected chi connectivity index (χ2v) is 9.85. The van der Waals surface area contributed by atoms with Crippen molar-refractivity contribution in [3.05, 3.63) is 59.7 Å². The molecular formula is C28H31ClFN5O4. The van der Waals surface area contributed by atoms with Crippen LogP contribution in [0.1, 0.15) is 19.3 Å². The van der Waals surface area contributed by atoms with Crippen molar-refractivity contribution in [1.29, 1.82) is 0 Å². The number of carbonyl (C=O) groups excluding carboxylic acids is 1. The summed E-state index contributed by atoms with van der Waals surface area (Å²) in [5.41, 5.74) is 1.65. The number of nitrogens with one attached hydrogen (secondary N) is 2. The smallest absolute Gasteiger partial charge is 0.248 e. The fourth-order valence-electron chi connectivity index (χ4n) is 4.53. The van der Waals surface area contributed by atoms with E-state index in [4.69, 9.17) is 25.8 Å². The van der Waals surface area contributed by atoms with E-state index >= 15 is 0 Å². The van der Waals surface area contributed by atoms with Crippen molar-refractivity contribution in [2.45, 2.75) is 25.4 Å². The molecule has 206 valence electrons. The summed E-state index contributed by atoms with van der Waals surface area (Å²) in [6.45, 7) is 5.00. The van der Waals surface area contributed by atoms with Crippen LogP contribution in [0.5, 0.6) is 5.75 Å². The molecule has 0 bridgehead atoms. The summed E-state index contributed by atoms with van der Waals surface area (Å²) in [4.78, 5) is 23.9. The Balaban J connectivity index is 1.38. The molecule has 2 aliphatic rings. The number of rotatable bonds is 9. The maximum atomic E-state index is 13.6. The van der Waals surface area contributed by atoms with Crippen molar-refractivity contribution >= 4 is 45.6 Å². The van der Waals surface area contributed by atoms with Gasteiger partial charge in [-0.3, -0.25) is 9.69 Å². The minimum atomic E-state index is -0.509. The van der Waals surface area contributed by atoms with E-state index in [9.17, 15) is 9.18 Å². The minimum Gasteiger partial charge on any atom is -0.489 e. The van der Waals surface area contributed by atoms with Gasteiger partial charge in [-0.05, 0) is 43.5 Å². The molecule has 1 aromatic heterocycles. The van der Waals surface area contributed by atoms with E-state index in [1.165, 1.54) is 24.5 Å². The average Bonchev–Trinajstić information content (AvgIpc) is 3.32. The number of carbonyl (C=O) groups is 1. The van der Waals surface area contributed by atoms with Crippen molar-refractivity contribution in [2.24, 2.45) is 0 Å². The highest BCUT2D eigenvalue weighted by Crippen LogP contribution is 2.34. The lowest BCUT2D eigenvalue weighted by molar-refractivity contribution is -0.111. The quantitative estimate of drug-likeness (QED) is 0.358. The van der Waals surface area contributed by atoms with E-state index in [1.54, 1.807) is 18.2 Å². The monoisotopic (exact) mass is 555 g/mol. The molecule has 2 aromatic carbocycles. The fourth-order valence-corrected chi connectivity index (χ4v) is 4.71. The molecule has 2 aliphatic heterocycles. The zero-order valence-corrected chi connectivity index (χ0v) is 22.3. The normalized spacial score (nSPS) is 18.4. The number of hydrogen-bond acceptors (Lipinski definition) is 8. The number of nitrogens with zero attached hydrogens (tertiary/aromatic N) is 3. The molecule has 11 heteroatoms. The van der Waals surface area contributed by atoms with Gasteiger partial charge in [0.25, 0.3) is 0 Å². The molecule has 1 atom stereocenters. The number of ether oxygens (including phenoxy) is 3. The summed E-state index contributed by atoms with van der Waals surface area (Å²) in [6.07, 6.45) is 7.71. The van der Waals surface area contributed by atoms with Gasteiger partial charge in [-0.25, -0.2) is 14.4 Å². The molecule has 9 nitrogen and oxygen atoms in total. The highest BCUT2D eigenvalue weighted by Gasteiger charge is 2.19. The predicted octanol–water partition coefficient (Wildman–Crippen LogP) is 4.94. The summed E-state index contributed by atoms with van der Waals surface area (Å²) >= 11 is 5.95. The van der Waals surface area contributed by atoms with Crippen LogP contribution in [-0.4, -0.2) is 72.9 Å². The molecule has 3 heterocycles. The molecule has 2 saturated heterocycles. The Labute approximate surface area is 231 Å². The minimum absolute atomic E-state index is 0.00405. The van der Waals surface area contributed by atoms with E-state index in [1.807, 2.05) is 6.08 Å². The lowest BCUT2D eigenvalue weighted by Gasteiger charge is -2.17. The van der Waals surface area contributed by atoms with Crippen LogP contribution in [0.3, 0.4) is 0 Å². The lowest BCUT2D eigenvalue weighted by atomic mass is 10.1. The van der Waals surface area contributed by atoms with Crippen LogP contribution in [0.2, 0.25) is 5.02 Å². The van der Waals surface area contributed by atoms with E-state index in [2.05, 4.69) is 25.5 Å². The summed E-state index contributed by atoms with van der Waals surface area (Å²) in [6, 6.07) is 7.87. The molecule has 0 unspecified atom stereocenters. The predicted molar refractivity (Wildman–Crippen MR) is 148 cm³/mol. The summed E-state index contributed by atoms with van der Waals surface area (Å²) in [5, 5.41) is 6.75. The third-order valence-corrected chi connectivity index (χ3v) is 6.86. The molecule has 2 fully saturated rings. The van der Waals surface area contributed by atoms with Gasteiger partial charge >= 0.3 is 0 Å². The first-order valence-electron chi connectivity index (χ1n) is 13.1. The topological polar surface area (TPSA) is 97.8 Å². The van der Waals surface area contributed by atoms with Gasteiger partial charge in [0.1, 0.15) is 30.3 Å². The summed E-state index contributed by atoms with van der Waals surface area (Å²) in [5.74, 6) is 0.172. The van der Waals surface area contributed by atoms with E-state index in [0.29, 0.717) is 53.6 Å². The highest BCUT2D eigenvalue weighted by molar-refractivity contribution is 6.31. The number of halogens is 2. The van der Waals surface area contributed by atoms with Crippen LogP contribution in [0, 0.1) is 5.82 Å². The molecule has 0 spiro atoms. The molecule has 0 radical (unpaired) electrons. The Morgan fingerprint density at radius 2 is 2.10 bits per heavy atom. The van der Waals surface area contributed by atoms with Crippen LogP contribution < -0.4 is 15.4 Å². The molecule has 2 N–H and O–H groups in total. The zero-order valence-electron chi connectivity index (χ0n) is 21.5. The second-order valence-electron chi connectivity index (χ2n) is 9.45. The third-order valence-electron chi connectivity index (χ3n) is 6.57. The number of benzene rings is 2. The fraction of sp³-hybridized carbons (Fsp3) is 0.393. The van der Waals surface area contributed by atoms with Crippen LogP contribution >= 0.6 is 11.6 Å². The van der Waals surface area contributed by atoms with Crippen LogP contribution in [0.4, 0.5) is 21.6 Å². The average molecular weight is 556 g/mol. The first kappa shape index (κ1) is 27.3. The van der Waals surface area contributed by atoms with Gasteiger partial charge in [0.05, 0.1) is 28.9 Å². The third kappa shape index (κ3) is 7.42. The van der Waals surface area contributed by atoms with Crippen molar-refractivity contribution < 1.29 is 23.4 Å². The van der Waals surface area contributed by atoms with Crippen LogP contribution in [-0.2, 0) is 14.3 Å². The van der Waals surface area contributed by atoms with Gasteiger partial charge in [-0.15, -0.1) is 0 Å². The molecule has 1 amide bonds. The lowest BCUT2D eigenvalue weighted by Crippen LogP contribution is -2.26. The summed E-state index contributed by atoms with van der Waals surface area (Å²) in [7, 11) is 0. The van der Waals surface area contributed by atoms with E-state index < -0.39 is 5.82 Å². The van der Waals surface area contributed by atoms with Crippen LogP contribution in [0.25, 0.3) is 10.9 Å². The van der Waals surface area contributed by atoms with Gasteiger partial charge in [0.2, 0.25) is 5.91 Å². The first-order valence-corrected chi connectivity index (χ1v) is 13.5. The number of aromatic nitrogens is 2. The van der Waals surface area contributed by atoms with Crippen molar-refractivity contribution in [2.75, 3.05) is 56.7 Å². The Morgan fingerprint density at radius 1 is 1.18 bits per heavy atom. The number of fused-ring (bicyclic) bond motifs is 1. The maximum Gasteiger partial charge on any atom is 0.248 e. The van der Waals surface area contributed by atoms with Crippen molar-refractivity contribution in [1.82, 2.24) is 14.9 Å². The Bertz CT molecular complexity index is 1330. The Morgan fingerprint density at radius 3 is 2.95 bits per heavy atom. The van der Waals surface area contributed by atoms with Gasteiger partial charge in [0, 0.05) is 56.1 Å². The standard InChI is InChI=1S/C28H31ClFN5O4/c29-22-14-19(6-7-23(22)30)33-28-21-15-25(34-27(36)5-1-8-35-9-3-11-37-13-10-35)26(16-24(21)31-18-32-28)39-17-20-4-2-12-38-20/h1,5-7,14-16,18,20H,2-4,8-13,17H2,(H,34,36)(H,31,32,33)/t20-/m1/s1. The number of hydrogen-bond donors (Lipinski definition) is 2. The summed E-state index contributed by atoms with van der Waals surface area (Å²) < 4.78 is 30.9. The van der Waals surface area contributed by atoms with Gasteiger partial charge in [0.15, 0.2) is 0 Å². The SMILES string of the molecule is O=C(C=CCN1CCCOCC1)Nc1cc2c(Nc3ccc(F)c(Cl)c3)ncnc2cc1OC[C@H]1CCCO1. The second kappa shape index (κ2) is 13.2. The largest absolute Gasteiger partial charge is 0.489 e. The first-order chi connectivity index (χ1) is 19.0. The number of anilines is 3. The van der Waals surface area contributed by atoms with E-state index in [-0.39, 0.29) is 17.0 Å². The molecule has 0 aliphatic carbocycles.